The van der Waals surface area contributed by atoms with Crippen molar-refractivity contribution >= 4 is 0 Å². The summed E-state index contributed by atoms with van der Waals surface area (Å²) in [5, 5.41) is 0. The highest BCUT2D eigenvalue weighted by molar-refractivity contribution is 5.45. The first-order valence-electron chi connectivity index (χ1n) is 13.8. The highest BCUT2D eigenvalue weighted by Crippen LogP contribution is 2.37. The normalized spacial score (nSPS) is 12.1. The molecule has 0 bridgehead atoms. The van der Waals surface area contributed by atoms with Gasteiger partial charge in [-0.15, -0.1) is 13.0 Å². The lowest BCUT2D eigenvalue weighted by Gasteiger charge is -2.25. The molecule has 2 N–H and O–H groups in total. The second-order valence-corrected chi connectivity index (χ2v) is 11.2. The molecule has 39 heavy (non-hydrogen) atoms. The SMILES string of the molecule is C#Cc1ccc(C(Cc2cccc(CCC(=C)C)c2)C(C)CC)cc1C(F)(F)F.C=CN.CC.CC(C)(C)C. The van der Waals surface area contributed by atoms with E-state index in [1.807, 2.05) is 26.8 Å². The minimum Gasteiger partial charge on any atom is -0.405 e. The van der Waals surface area contributed by atoms with Gasteiger partial charge in [-0.25, -0.2) is 0 Å². The van der Waals surface area contributed by atoms with Gasteiger partial charge in [0.1, 0.15) is 0 Å². The first-order valence-corrected chi connectivity index (χ1v) is 13.8. The lowest BCUT2D eigenvalue weighted by Crippen LogP contribution is -2.15. The highest BCUT2D eigenvalue weighted by atomic mass is 19.4. The molecule has 1 nitrogen and oxygen atoms in total. The highest BCUT2D eigenvalue weighted by Gasteiger charge is 2.34. The monoisotopic (exact) mass is 543 g/mol. The zero-order valence-electron chi connectivity index (χ0n) is 25.8. The Labute approximate surface area is 237 Å². The summed E-state index contributed by atoms with van der Waals surface area (Å²) in [6, 6.07) is 12.8. The maximum absolute atomic E-state index is 13.5. The number of nitrogens with two attached hydrogens (primary N) is 1. The summed E-state index contributed by atoms with van der Waals surface area (Å²) in [4.78, 5) is 0. The number of alkyl halides is 3. The summed E-state index contributed by atoms with van der Waals surface area (Å²) in [5.74, 6) is 2.40. The van der Waals surface area contributed by atoms with E-state index in [1.165, 1.54) is 23.9 Å². The van der Waals surface area contributed by atoms with E-state index in [-0.39, 0.29) is 17.4 Å². The Morgan fingerprint density at radius 2 is 1.56 bits per heavy atom. The van der Waals surface area contributed by atoms with Crippen molar-refractivity contribution in [2.45, 2.75) is 100 Å². The van der Waals surface area contributed by atoms with Crippen molar-refractivity contribution in [3.05, 3.63) is 95.2 Å². The molecule has 0 aromatic heterocycles. The molecule has 0 aliphatic heterocycles. The van der Waals surface area contributed by atoms with E-state index in [4.69, 9.17) is 6.42 Å². The van der Waals surface area contributed by atoms with Crippen LogP contribution in [0.1, 0.15) is 109 Å². The summed E-state index contributed by atoms with van der Waals surface area (Å²) in [5.41, 5.74) is 8.49. The molecule has 0 amide bonds. The number of terminal acetylenes is 1. The topological polar surface area (TPSA) is 26.0 Å². The van der Waals surface area contributed by atoms with Crippen LogP contribution < -0.4 is 5.73 Å². The smallest absolute Gasteiger partial charge is 0.405 e. The number of hydrogen-bond acceptors (Lipinski definition) is 1. The third-order valence-electron chi connectivity index (χ3n) is 5.55. The molecule has 0 spiro atoms. The maximum Gasteiger partial charge on any atom is 0.417 e. The van der Waals surface area contributed by atoms with E-state index in [1.54, 1.807) is 6.07 Å². The van der Waals surface area contributed by atoms with Gasteiger partial charge in [0.2, 0.25) is 0 Å². The van der Waals surface area contributed by atoms with Crippen molar-refractivity contribution in [3.63, 3.8) is 0 Å². The van der Waals surface area contributed by atoms with Crippen LogP contribution in [0.4, 0.5) is 13.2 Å². The van der Waals surface area contributed by atoms with Gasteiger partial charge in [-0.3, -0.25) is 0 Å². The maximum atomic E-state index is 13.5. The van der Waals surface area contributed by atoms with Crippen LogP contribution in [0.3, 0.4) is 0 Å². The number of hydrogen-bond donors (Lipinski definition) is 1. The van der Waals surface area contributed by atoms with Crippen LogP contribution in [0, 0.1) is 23.7 Å². The minimum atomic E-state index is -4.46. The summed E-state index contributed by atoms with van der Waals surface area (Å²) in [6.45, 7) is 26.0. The molecule has 0 saturated heterocycles. The van der Waals surface area contributed by atoms with Crippen molar-refractivity contribution < 1.29 is 13.2 Å². The first kappa shape index (κ1) is 38.2. The molecular weight excluding hydrogens is 491 g/mol. The number of aryl methyl sites for hydroxylation is 1. The van der Waals surface area contributed by atoms with E-state index in [2.05, 4.69) is 84.6 Å². The van der Waals surface area contributed by atoms with Crippen molar-refractivity contribution in [1.29, 1.82) is 0 Å². The fourth-order valence-electron chi connectivity index (χ4n) is 3.61. The van der Waals surface area contributed by atoms with E-state index in [9.17, 15) is 13.2 Å². The summed E-state index contributed by atoms with van der Waals surface area (Å²) >= 11 is 0. The number of benzene rings is 2. The molecule has 2 unspecified atom stereocenters. The predicted octanol–water partition coefficient (Wildman–Crippen LogP) is 10.7. The number of rotatable bonds is 8. The van der Waals surface area contributed by atoms with E-state index in [0.717, 1.165) is 30.4 Å². The Balaban J connectivity index is 0. The van der Waals surface area contributed by atoms with Gasteiger partial charge >= 0.3 is 6.18 Å². The van der Waals surface area contributed by atoms with E-state index in [0.29, 0.717) is 17.4 Å². The predicted molar refractivity (Wildman–Crippen MR) is 166 cm³/mol. The van der Waals surface area contributed by atoms with Crippen molar-refractivity contribution in [1.82, 2.24) is 0 Å². The van der Waals surface area contributed by atoms with Gasteiger partial charge in [0, 0.05) is 5.56 Å². The Morgan fingerprint density at radius 1 is 1.05 bits per heavy atom. The second-order valence-electron chi connectivity index (χ2n) is 11.2. The van der Waals surface area contributed by atoms with Crippen LogP contribution in [-0.4, -0.2) is 0 Å². The van der Waals surface area contributed by atoms with Gasteiger partial charge < -0.3 is 5.73 Å². The van der Waals surface area contributed by atoms with Crippen LogP contribution in [0.15, 0.2) is 67.4 Å². The van der Waals surface area contributed by atoms with Gasteiger partial charge in [0.25, 0.3) is 0 Å². The molecule has 2 aromatic carbocycles. The van der Waals surface area contributed by atoms with Crippen LogP contribution >= 0.6 is 0 Å². The van der Waals surface area contributed by atoms with Gasteiger partial charge in [-0.2, -0.15) is 13.2 Å². The first-order chi connectivity index (χ1) is 18.1. The minimum absolute atomic E-state index is 0.00989. The Morgan fingerprint density at radius 3 is 2.00 bits per heavy atom. The molecule has 0 heterocycles. The molecule has 0 fully saturated rings. The molecular formula is C35H52F3N. The van der Waals surface area contributed by atoms with Crippen molar-refractivity contribution in [2.24, 2.45) is 17.1 Å². The molecule has 0 radical (unpaired) electrons. The fraction of sp³-hybridized carbons (Fsp3) is 0.486. The summed E-state index contributed by atoms with van der Waals surface area (Å²) in [7, 11) is 0. The summed E-state index contributed by atoms with van der Waals surface area (Å²) < 4.78 is 40.5. The third kappa shape index (κ3) is 17.3. The molecule has 0 aliphatic rings. The number of halogens is 3. The molecule has 2 rings (SSSR count). The van der Waals surface area contributed by atoms with E-state index >= 15 is 0 Å². The molecule has 218 valence electrons. The lowest BCUT2D eigenvalue weighted by molar-refractivity contribution is -0.137. The van der Waals surface area contributed by atoms with Gasteiger partial charge in [0.15, 0.2) is 0 Å². The van der Waals surface area contributed by atoms with E-state index < -0.39 is 11.7 Å². The second kappa shape index (κ2) is 19.2. The lowest BCUT2D eigenvalue weighted by atomic mass is 9.80. The zero-order chi connectivity index (χ0) is 30.8. The quantitative estimate of drug-likeness (QED) is 0.260. The van der Waals surface area contributed by atoms with Crippen LogP contribution in [0.25, 0.3) is 0 Å². The average Bonchev–Trinajstić information content (AvgIpc) is 2.85. The van der Waals surface area contributed by atoms with Gasteiger partial charge in [0.05, 0.1) is 5.56 Å². The molecule has 4 heteroatoms. The molecule has 2 atom stereocenters. The van der Waals surface area contributed by atoms with Gasteiger partial charge in [-0.1, -0.05) is 110 Å². The number of allylic oxidation sites excluding steroid dienone is 1. The van der Waals surface area contributed by atoms with Gasteiger partial charge in [-0.05, 0) is 78.5 Å². The van der Waals surface area contributed by atoms with Crippen LogP contribution in [0.5, 0.6) is 0 Å². The molecule has 2 aromatic rings. The van der Waals surface area contributed by atoms with Crippen LogP contribution in [0.2, 0.25) is 0 Å². The summed E-state index contributed by atoms with van der Waals surface area (Å²) in [6.07, 6.45) is 5.52. The third-order valence-corrected chi connectivity index (χ3v) is 5.55. The van der Waals surface area contributed by atoms with Crippen LogP contribution in [-0.2, 0) is 19.0 Å². The Bertz CT molecular complexity index is 1010. The zero-order valence-corrected chi connectivity index (χ0v) is 25.8. The fourth-order valence-corrected chi connectivity index (χ4v) is 3.61. The van der Waals surface area contributed by atoms with Crippen molar-refractivity contribution in [2.75, 3.05) is 0 Å². The Kier molecular flexibility index (Phi) is 18.8. The Hall–Kier alpha value is -2.93. The van der Waals surface area contributed by atoms with Crippen molar-refractivity contribution in [3.8, 4) is 12.3 Å². The molecule has 0 aliphatic carbocycles. The largest absolute Gasteiger partial charge is 0.417 e. The molecule has 0 saturated carbocycles. The average molecular weight is 544 g/mol. The standard InChI is InChI=1S/C26H29F3.C5H12.C2H5N.C2H6/c1-6-19(5)24(16-21-10-8-9-20(15-21)12-11-18(3)4)23-14-13-22(7-2)25(17-23)26(27,28)29;1-5(2,3)4;1-2-3;1-2/h2,8-10,13-15,17,19,24H,3,6,11-12,16H2,1,4-5H3;1-4H3;2H,1,3H2;1-2H3.